The van der Waals surface area contributed by atoms with Gasteiger partial charge in [-0.05, 0) is 75.4 Å². The summed E-state index contributed by atoms with van der Waals surface area (Å²) in [4.78, 5) is 25.7. The lowest BCUT2D eigenvalue weighted by Gasteiger charge is -2.20. The zero-order valence-corrected chi connectivity index (χ0v) is 23.8. The summed E-state index contributed by atoms with van der Waals surface area (Å²) in [6.45, 7) is 4.10. The molecule has 0 saturated carbocycles. The molecule has 0 saturated heterocycles. The van der Waals surface area contributed by atoms with Crippen LogP contribution in [-0.4, -0.2) is 38.0 Å². The first-order valence-electron chi connectivity index (χ1n) is 12.0. The molecular formula is C28H27BrClN3O6. The van der Waals surface area contributed by atoms with Crippen LogP contribution in [0.3, 0.4) is 0 Å². The lowest BCUT2D eigenvalue weighted by Crippen LogP contribution is -2.48. The van der Waals surface area contributed by atoms with Gasteiger partial charge in [0.1, 0.15) is 12.6 Å². The molecule has 0 radical (unpaired) electrons. The molecule has 0 spiro atoms. The first-order valence-corrected chi connectivity index (χ1v) is 13.2. The fourth-order valence-electron chi connectivity index (χ4n) is 3.73. The van der Waals surface area contributed by atoms with Crippen LogP contribution in [0.2, 0.25) is 5.02 Å². The average molecular weight is 617 g/mol. The van der Waals surface area contributed by atoms with Gasteiger partial charge in [-0.15, -0.1) is 0 Å². The minimum absolute atomic E-state index is 0.108. The van der Waals surface area contributed by atoms with Crippen LogP contribution in [0.25, 0.3) is 0 Å². The lowest BCUT2D eigenvalue weighted by molar-refractivity contribution is -0.123. The first-order chi connectivity index (χ1) is 18.7. The van der Waals surface area contributed by atoms with E-state index in [9.17, 15) is 9.59 Å². The van der Waals surface area contributed by atoms with E-state index in [-0.39, 0.29) is 12.7 Å². The maximum Gasteiger partial charge on any atom is 0.262 e. The Kier molecular flexibility index (Phi) is 9.32. The van der Waals surface area contributed by atoms with E-state index >= 15 is 0 Å². The van der Waals surface area contributed by atoms with Gasteiger partial charge in [-0.25, -0.2) is 5.43 Å². The molecule has 0 fully saturated rings. The van der Waals surface area contributed by atoms with Gasteiger partial charge in [-0.3, -0.25) is 9.59 Å². The van der Waals surface area contributed by atoms with Gasteiger partial charge < -0.3 is 24.3 Å². The molecule has 11 heteroatoms. The summed E-state index contributed by atoms with van der Waals surface area (Å²) in [5, 5.41) is 7.50. The Hall–Kier alpha value is -3.76. The second-order valence-corrected chi connectivity index (χ2v) is 10.2. The number of methoxy groups -OCH3 is 1. The summed E-state index contributed by atoms with van der Waals surface area (Å²) in [5.41, 5.74) is 4.47. The molecule has 0 bridgehead atoms. The Morgan fingerprint density at radius 1 is 1.10 bits per heavy atom. The zero-order valence-electron chi connectivity index (χ0n) is 21.5. The third-order valence-corrected chi connectivity index (χ3v) is 6.65. The van der Waals surface area contributed by atoms with Gasteiger partial charge in [-0.1, -0.05) is 37.6 Å². The molecule has 3 aromatic rings. The molecule has 4 rings (SSSR count). The van der Waals surface area contributed by atoms with Crippen LogP contribution in [0.1, 0.15) is 35.3 Å². The topological polar surface area (TPSA) is 107 Å². The van der Waals surface area contributed by atoms with Crippen molar-refractivity contribution < 1.29 is 28.5 Å². The number of amides is 2. The van der Waals surface area contributed by atoms with E-state index < -0.39 is 17.9 Å². The summed E-state index contributed by atoms with van der Waals surface area (Å²) < 4.78 is 22.7. The van der Waals surface area contributed by atoms with E-state index in [0.717, 1.165) is 5.56 Å². The summed E-state index contributed by atoms with van der Waals surface area (Å²) in [5.74, 6) is 1.02. The normalized spacial score (nSPS) is 12.9. The van der Waals surface area contributed by atoms with Crippen molar-refractivity contribution >= 4 is 45.6 Å². The molecule has 204 valence electrons. The number of carbonyl (C=O) groups is 2. The number of carbonyl (C=O) groups excluding carboxylic acids is 2. The zero-order chi connectivity index (χ0) is 27.9. The molecule has 2 amide bonds. The van der Waals surface area contributed by atoms with Crippen molar-refractivity contribution in [3.63, 3.8) is 0 Å². The van der Waals surface area contributed by atoms with Crippen molar-refractivity contribution in [1.29, 1.82) is 0 Å². The molecule has 2 N–H and O–H groups in total. The smallest absolute Gasteiger partial charge is 0.262 e. The van der Waals surface area contributed by atoms with Gasteiger partial charge in [0.15, 0.2) is 23.0 Å². The lowest BCUT2D eigenvalue weighted by atomic mass is 10.0. The summed E-state index contributed by atoms with van der Waals surface area (Å²) in [6.07, 6.45) is 1.48. The van der Waals surface area contributed by atoms with Gasteiger partial charge in [0.25, 0.3) is 11.8 Å². The van der Waals surface area contributed by atoms with Crippen molar-refractivity contribution in [2.75, 3.05) is 13.9 Å². The Morgan fingerprint density at radius 3 is 2.56 bits per heavy atom. The molecule has 1 heterocycles. The maximum absolute atomic E-state index is 12.9. The number of nitrogens with one attached hydrogen (secondary N) is 2. The second kappa shape index (κ2) is 12.9. The molecule has 1 aliphatic heterocycles. The summed E-state index contributed by atoms with van der Waals surface area (Å²) >= 11 is 9.46. The third kappa shape index (κ3) is 7.21. The second-order valence-electron chi connectivity index (χ2n) is 8.95. The van der Waals surface area contributed by atoms with E-state index in [1.807, 2.05) is 26.0 Å². The van der Waals surface area contributed by atoms with Gasteiger partial charge >= 0.3 is 0 Å². The highest BCUT2D eigenvalue weighted by Crippen LogP contribution is 2.37. The highest BCUT2D eigenvalue weighted by Gasteiger charge is 2.25. The molecule has 1 aliphatic rings. The van der Waals surface area contributed by atoms with Crippen molar-refractivity contribution in [2.45, 2.75) is 26.5 Å². The molecule has 0 aliphatic carbocycles. The Bertz CT molecular complexity index is 1380. The number of nitrogens with zero attached hydrogens (tertiary/aromatic N) is 1. The highest BCUT2D eigenvalue weighted by molar-refractivity contribution is 9.10. The number of halogens is 2. The monoisotopic (exact) mass is 615 g/mol. The Labute approximate surface area is 239 Å². The SMILES string of the molecule is COc1cc(/C=N/NC(=O)C(NC(=O)c2ccc3c(c2)OCO3)C(C)C)cc(Br)c1OCc1ccc(Cl)cc1. The van der Waals surface area contributed by atoms with Crippen LogP contribution in [0.15, 0.2) is 64.2 Å². The number of rotatable bonds is 10. The highest BCUT2D eigenvalue weighted by atomic mass is 79.9. The van der Waals surface area contributed by atoms with Crippen LogP contribution in [0, 0.1) is 5.92 Å². The summed E-state index contributed by atoms with van der Waals surface area (Å²) in [7, 11) is 1.54. The van der Waals surface area contributed by atoms with Crippen molar-refractivity contribution in [3.05, 3.63) is 80.8 Å². The minimum atomic E-state index is -0.815. The van der Waals surface area contributed by atoms with Gasteiger partial charge in [-0.2, -0.15) is 5.10 Å². The molecule has 3 aromatic carbocycles. The number of hydrogen-bond acceptors (Lipinski definition) is 7. The fraction of sp³-hybridized carbons (Fsp3) is 0.250. The fourth-order valence-corrected chi connectivity index (χ4v) is 4.43. The molecule has 0 aromatic heterocycles. The first kappa shape index (κ1) is 28.3. The van der Waals surface area contributed by atoms with Gasteiger partial charge in [0.2, 0.25) is 6.79 Å². The van der Waals surface area contributed by atoms with E-state index in [1.165, 1.54) is 13.3 Å². The summed E-state index contributed by atoms with van der Waals surface area (Å²) in [6, 6.07) is 14.9. The van der Waals surface area contributed by atoms with Crippen molar-refractivity contribution in [2.24, 2.45) is 11.0 Å². The standard InChI is InChI=1S/C28H27BrClN3O6/c1-16(2)25(32-27(34)19-6-9-22-23(12-19)39-15-38-22)28(35)33-31-13-18-10-21(29)26(24(11-18)36-3)37-14-17-4-7-20(30)8-5-17/h4-13,16,25H,14-15H2,1-3H3,(H,32,34)(H,33,35)/b31-13+. The number of hydrogen-bond donors (Lipinski definition) is 2. The molecule has 39 heavy (non-hydrogen) atoms. The third-order valence-electron chi connectivity index (χ3n) is 5.81. The average Bonchev–Trinajstić information content (AvgIpc) is 3.39. The Balaban J connectivity index is 1.38. The molecule has 9 nitrogen and oxygen atoms in total. The number of fused-ring (bicyclic) bond motifs is 1. The number of hydrazone groups is 1. The maximum atomic E-state index is 12.9. The minimum Gasteiger partial charge on any atom is -0.493 e. The number of benzene rings is 3. The van der Waals surface area contributed by atoms with Crippen molar-refractivity contribution in [1.82, 2.24) is 10.7 Å². The predicted molar refractivity (Wildman–Crippen MR) is 151 cm³/mol. The quantitative estimate of drug-likeness (QED) is 0.236. The van der Waals surface area contributed by atoms with Crippen LogP contribution in [-0.2, 0) is 11.4 Å². The molecule has 1 atom stereocenters. The van der Waals surface area contributed by atoms with Crippen LogP contribution < -0.4 is 29.7 Å². The van der Waals surface area contributed by atoms with E-state index in [4.69, 9.17) is 30.5 Å². The van der Waals surface area contributed by atoms with E-state index in [2.05, 4.69) is 31.8 Å². The van der Waals surface area contributed by atoms with E-state index in [1.54, 1.807) is 42.5 Å². The van der Waals surface area contributed by atoms with E-state index in [0.29, 0.717) is 50.2 Å². The Morgan fingerprint density at radius 2 is 1.85 bits per heavy atom. The van der Waals surface area contributed by atoms with Crippen LogP contribution in [0.4, 0.5) is 0 Å². The number of ether oxygens (including phenoxy) is 4. The predicted octanol–water partition coefficient (Wildman–Crippen LogP) is 5.32. The largest absolute Gasteiger partial charge is 0.493 e. The molecule has 1 unspecified atom stereocenters. The van der Waals surface area contributed by atoms with Crippen LogP contribution in [0.5, 0.6) is 23.0 Å². The van der Waals surface area contributed by atoms with Gasteiger partial charge in [0.05, 0.1) is 17.8 Å². The van der Waals surface area contributed by atoms with Crippen LogP contribution >= 0.6 is 27.5 Å². The van der Waals surface area contributed by atoms with Crippen molar-refractivity contribution in [3.8, 4) is 23.0 Å². The van der Waals surface area contributed by atoms with Gasteiger partial charge in [0, 0.05) is 10.6 Å². The molecular weight excluding hydrogens is 590 g/mol.